The SMILES string of the molecule is c1cc2c(N3CCNCC3)nncc2o1. The van der Waals surface area contributed by atoms with Crippen LogP contribution in [0, 0.1) is 0 Å². The Kier molecular flexibility index (Phi) is 2.03. The second-order valence-corrected chi connectivity index (χ2v) is 3.60. The van der Waals surface area contributed by atoms with Crippen LogP contribution in [0.5, 0.6) is 0 Å². The highest BCUT2D eigenvalue weighted by atomic mass is 16.3. The Bertz CT molecular complexity index is 461. The Morgan fingerprint density at radius 3 is 3.07 bits per heavy atom. The van der Waals surface area contributed by atoms with Crippen molar-refractivity contribution in [2.75, 3.05) is 31.1 Å². The van der Waals surface area contributed by atoms with Crippen LogP contribution in [0.15, 0.2) is 22.9 Å². The average Bonchev–Trinajstić information content (AvgIpc) is 2.78. The van der Waals surface area contributed by atoms with Crippen molar-refractivity contribution in [3.8, 4) is 0 Å². The van der Waals surface area contributed by atoms with Crippen LogP contribution in [0.3, 0.4) is 0 Å². The molecule has 3 rings (SSSR count). The summed E-state index contributed by atoms with van der Waals surface area (Å²) in [5, 5.41) is 12.5. The van der Waals surface area contributed by atoms with E-state index in [1.54, 1.807) is 12.5 Å². The third-order valence-electron chi connectivity index (χ3n) is 2.68. The van der Waals surface area contributed by atoms with Gasteiger partial charge in [0.2, 0.25) is 0 Å². The van der Waals surface area contributed by atoms with Crippen LogP contribution in [0.4, 0.5) is 5.82 Å². The van der Waals surface area contributed by atoms with E-state index in [4.69, 9.17) is 4.42 Å². The molecule has 1 N–H and O–H groups in total. The van der Waals surface area contributed by atoms with E-state index in [9.17, 15) is 0 Å². The normalized spacial score (nSPS) is 17.2. The molecular formula is C10H12N4O. The molecule has 0 amide bonds. The second kappa shape index (κ2) is 3.51. The molecule has 5 heteroatoms. The lowest BCUT2D eigenvalue weighted by atomic mass is 10.3. The highest BCUT2D eigenvalue weighted by Crippen LogP contribution is 2.24. The van der Waals surface area contributed by atoms with Crippen LogP contribution >= 0.6 is 0 Å². The van der Waals surface area contributed by atoms with E-state index < -0.39 is 0 Å². The zero-order valence-electron chi connectivity index (χ0n) is 8.31. The maximum atomic E-state index is 5.30. The third-order valence-corrected chi connectivity index (χ3v) is 2.68. The lowest BCUT2D eigenvalue weighted by molar-refractivity contribution is 0.582. The van der Waals surface area contributed by atoms with Crippen molar-refractivity contribution >= 4 is 16.8 Å². The molecule has 1 aliphatic rings. The molecule has 78 valence electrons. The van der Waals surface area contributed by atoms with Gasteiger partial charge in [-0.1, -0.05) is 0 Å². The Hall–Kier alpha value is -1.62. The smallest absolute Gasteiger partial charge is 0.162 e. The molecule has 1 fully saturated rings. The van der Waals surface area contributed by atoms with Crippen LogP contribution < -0.4 is 10.2 Å². The van der Waals surface area contributed by atoms with Gasteiger partial charge in [-0.05, 0) is 6.07 Å². The fourth-order valence-corrected chi connectivity index (χ4v) is 1.91. The minimum Gasteiger partial charge on any atom is -0.463 e. The lowest BCUT2D eigenvalue weighted by Gasteiger charge is -2.28. The first-order chi connectivity index (χ1) is 7.45. The summed E-state index contributed by atoms with van der Waals surface area (Å²) in [5.41, 5.74) is 0.804. The van der Waals surface area contributed by atoms with Gasteiger partial charge in [0.1, 0.15) is 0 Å². The molecule has 2 aromatic rings. The van der Waals surface area contributed by atoms with Crippen LogP contribution in [0.1, 0.15) is 0 Å². The molecule has 1 aliphatic heterocycles. The predicted octanol–water partition coefficient (Wildman–Crippen LogP) is 0.632. The van der Waals surface area contributed by atoms with Gasteiger partial charge in [0.25, 0.3) is 0 Å². The molecule has 0 aromatic carbocycles. The number of nitrogens with zero attached hydrogens (tertiary/aromatic N) is 3. The summed E-state index contributed by atoms with van der Waals surface area (Å²) in [5.74, 6) is 0.933. The molecule has 15 heavy (non-hydrogen) atoms. The number of hydrogen-bond acceptors (Lipinski definition) is 5. The van der Waals surface area contributed by atoms with Gasteiger partial charge in [-0.15, -0.1) is 5.10 Å². The number of rotatable bonds is 1. The number of piperazine rings is 1. The highest BCUT2D eigenvalue weighted by Gasteiger charge is 2.15. The number of hydrogen-bond donors (Lipinski definition) is 1. The fraction of sp³-hybridized carbons (Fsp3) is 0.400. The summed E-state index contributed by atoms with van der Waals surface area (Å²) in [6, 6.07) is 1.95. The Balaban J connectivity index is 2.05. The number of aromatic nitrogens is 2. The van der Waals surface area contributed by atoms with Gasteiger partial charge in [-0.25, -0.2) is 0 Å². The summed E-state index contributed by atoms with van der Waals surface area (Å²) in [7, 11) is 0. The summed E-state index contributed by atoms with van der Waals surface area (Å²) < 4.78 is 5.30. The average molecular weight is 204 g/mol. The highest BCUT2D eigenvalue weighted by molar-refractivity contribution is 5.87. The van der Waals surface area contributed by atoms with Crippen molar-refractivity contribution in [3.05, 3.63) is 18.5 Å². The van der Waals surface area contributed by atoms with Crippen molar-refractivity contribution in [3.63, 3.8) is 0 Å². The molecule has 0 atom stereocenters. The summed E-state index contributed by atoms with van der Waals surface area (Å²) >= 11 is 0. The number of anilines is 1. The van der Waals surface area contributed by atoms with E-state index in [0.29, 0.717) is 0 Å². The van der Waals surface area contributed by atoms with Gasteiger partial charge in [0.05, 0.1) is 17.8 Å². The van der Waals surface area contributed by atoms with Crippen LogP contribution in [0.2, 0.25) is 0 Å². The monoisotopic (exact) mass is 204 g/mol. The van der Waals surface area contributed by atoms with E-state index in [2.05, 4.69) is 20.4 Å². The van der Waals surface area contributed by atoms with Gasteiger partial charge in [0.15, 0.2) is 11.4 Å². The number of fused-ring (bicyclic) bond motifs is 1. The van der Waals surface area contributed by atoms with Gasteiger partial charge in [-0.3, -0.25) is 0 Å². The topological polar surface area (TPSA) is 54.2 Å². The molecule has 0 radical (unpaired) electrons. The zero-order chi connectivity index (χ0) is 10.1. The predicted molar refractivity (Wildman–Crippen MR) is 56.9 cm³/mol. The lowest BCUT2D eigenvalue weighted by Crippen LogP contribution is -2.44. The summed E-state index contributed by atoms with van der Waals surface area (Å²) in [4.78, 5) is 2.24. The first-order valence-corrected chi connectivity index (χ1v) is 5.10. The van der Waals surface area contributed by atoms with E-state index in [1.165, 1.54) is 0 Å². The fourth-order valence-electron chi connectivity index (χ4n) is 1.91. The van der Waals surface area contributed by atoms with Crippen molar-refractivity contribution in [2.24, 2.45) is 0 Å². The van der Waals surface area contributed by atoms with Crippen molar-refractivity contribution in [2.45, 2.75) is 0 Å². The Morgan fingerprint density at radius 2 is 2.20 bits per heavy atom. The van der Waals surface area contributed by atoms with Crippen molar-refractivity contribution in [1.82, 2.24) is 15.5 Å². The van der Waals surface area contributed by atoms with Crippen molar-refractivity contribution in [1.29, 1.82) is 0 Å². The van der Waals surface area contributed by atoms with Gasteiger partial charge in [-0.2, -0.15) is 5.10 Å². The molecule has 0 spiro atoms. The first kappa shape index (κ1) is 8.67. The largest absolute Gasteiger partial charge is 0.463 e. The molecule has 0 bridgehead atoms. The number of nitrogens with one attached hydrogen (secondary N) is 1. The van der Waals surface area contributed by atoms with E-state index in [-0.39, 0.29) is 0 Å². The molecule has 1 saturated heterocycles. The molecule has 0 aliphatic carbocycles. The summed E-state index contributed by atoms with van der Waals surface area (Å²) in [6.07, 6.45) is 3.33. The second-order valence-electron chi connectivity index (χ2n) is 3.60. The van der Waals surface area contributed by atoms with E-state index in [1.807, 2.05) is 6.07 Å². The maximum absolute atomic E-state index is 5.30. The van der Waals surface area contributed by atoms with E-state index >= 15 is 0 Å². The van der Waals surface area contributed by atoms with Gasteiger partial charge >= 0.3 is 0 Å². The maximum Gasteiger partial charge on any atom is 0.162 e. The molecule has 2 aromatic heterocycles. The molecule has 0 saturated carbocycles. The number of furan rings is 1. The first-order valence-electron chi connectivity index (χ1n) is 5.10. The molecular weight excluding hydrogens is 192 g/mol. The van der Waals surface area contributed by atoms with Crippen LogP contribution in [-0.2, 0) is 0 Å². The quantitative estimate of drug-likeness (QED) is 0.738. The third kappa shape index (κ3) is 1.45. The zero-order valence-corrected chi connectivity index (χ0v) is 8.31. The standard InChI is InChI=1S/C10H12N4O/c1-6-15-9-7-12-13-10(8(1)9)14-4-2-11-3-5-14/h1,6-7,11H,2-5H2. The molecule has 3 heterocycles. The van der Waals surface area contributed by atoms with E-state index in [0.717, 1.165) is 43.0 Å². The van der Waals surface area contributed by atoms with Crippen molar-refractivity contribution < 1.29 is 4.42 Å². The van der Waals surface area contributed by atoms with Crippen LogP contribution in [-0.4, -0.2) is 36.4 Å². The summed E-state index contributed by atoms with van der Waals surface area (Å²) in [6.45, 7) is 3.93. The minimum atomic E-state index is 0.804. The molecule has 0 unspecified atom stereocenters. The molecule has 5 nitrogen and oxygen atoms in total. The minimum absolute atomic E-state index is 0.804. The van der Waals surface area contributed by atoms with Gasteiger partial charge < -0.3 is 14.6 Å². The Morgan fingerprint density at radius 1 is 1.33 bits per heavy atom. The van der Waals surface area contributed by atoms with Gasteiger partial charge in [0, 0.05) is 26.2 Å². The van der Waals surface area contributed by atoms with Crippen LogP contribution in [0.25, 0.3) is 11.0 Å². The Labute approximate surface area is 87.1 Å².